The minimum Gasteiger partial charge on any atom is -0.0616 e. The maximum atomic E-state index is 2.43. The fourth-order valence-corrected chi connectivity index (χ4v) is 8.83. The van der Waals surface area contributed by atoms with Gasteiger partial charge in [-0.1, -0.05) is 172 Å². The van der Waals surface area contributed by atoms with Crippen LogP contribution in [0.2, 0.25) is 0 Å². The van der Waals surface area contributed by atoms with E-state index in [-0.39, 0.29) is 5.41 Å². The predicted octanol–water partition coefficient (Wildman–Crippen LogP) is 13.6. The van der Waals surface area contributed by atoms with Crippen LogP contribution in [0.4, 0.5) is 0 Å². The van der Waals surface area contributed by atoms with Crippen molar-refractivity contribution in [1.29, 1.82) is 0 Å². The first-order chi connectivity index (χ1) is 24.1. The molecule has 0 aliphatic heterocycles. The Kier molecular flexibility index (Phi) is 6.02. The van der Waals surface area contributed by atoms with Gasteiger partial charge in [-0.25, -0.2) is 0 Å². The number of hydrogen-bond acceptors (Lipinski definition) is 0. The predicted molar refractivity (Wildman–Crippen MR) is 210 cm³/mol. The zero-order chi connectivity index (χ0) is 32.7. The Labute approximate surface area is 286 Å². The molecule has 230 valence electrons. The summed E-state index contributed by atoms with van der Waals surface area (Å²) in [5.41, 5.74) is 13.1. The van der Waals surface area contributed by atoms with E-state index in [0.717, 1.165) is 0 Å². The summed E-state index contributed by atoms with van der Waals surface area (Å²) in [6.07, 6.45) is 0. The van der Waals surface area contributed by atoms with E-state index in [0.29, 0.717) is 0 Å². The molecule has 1 aliphatic carbocycles. The van der Waals surface area contributed by atoms with Gasteiger partial charge < -0.3 is 0 Å². The minimum absolute atomic E-state index is 0.123. The van der Waals surface area contributed by atoms with Gasteiger partial charge in [0.2, 0.25) is 0 Å². The smallest absolute Gasteiger partial charge is 0.0165 e. The third-order valence-corrected chi connectivity index (χ3v) is 11.0. The zero-order valence-corrected chi connectivity index (χ0v) is 27.7. The van der Waals surface area contributed by atoms with Crippen LogP contribution in [0.15, 0.2) is 170 Å². The summed E-state index contributed by atoms with van der Waals surface area (Å²) in [5, 5.41) is 10.3. The third-order valence-electron chi connectivity index (χ3n) is 11.0. The van der Waals surface area contributed by atoms with Crippen LogP contribution >= 0.6 is 0 Å². The Morgan fingerprint density at radius 2 is 0.837 bits per heavy atom. The van der Waals surface area contributed by atoms with E-state index in [1.807, 2.05) is 0 Å². The van der Waals surface area contributed by atoms with E-state index in [4.69, 9.17) is 0 Å². The van der Waals surface area contributed by atoms with E-state index >= 15 is 0 Å². The molecule has 10 rings (SSSR count). The maximum Gasteiger partial charge on any atom is 0.0165 e. The Hall–Kier alpha value is -5.98. The molecule has 0 radical (unpaired) electrons. The van der Waals surface area contributed by atoms with Crippen molar-refractivity contribution in [2.75, 3.05) is 0 Å². The molecule has 0 heteroatoms. The molecule has 0 heterocycles. The minimum atomic E-state index is -0.123. The van der Waals surface area contributed by atoms with Crippen molar-refractivity contribution in [3.8, 4) is 44.5 Å². The summed E-state index contributed by atoms with van der Waals surface area (Å²) >= 11 is 0. The Morgan fingerprint density at radius 3 is 1.53 bits per heavy atom. The van der Waals surface area contributed by atoms with Crippen molar-refractivity contribution in [3.63, 3.8) is 0 Å². The molecule has 49 heavy (non-hydrogen) atoms. The van der Waals surface area contributed by atoms with Gasteiger partial charge in [-0.05, 0) is 111 Å². The van der Waals surface area contributed by atoms with Crippen LogP contribution in [-0.4, -0.2) is 0 Å². The normalized spacial score (nSPS) is 13.3. The SMILES string of the molecule is CC1(C)c2ccc3ccccc3c2-c2cccc(-c3cccc(-c4c5ccccc5c(-c5ccc6ccccc6c5)c5ccccc45)c3)c21. The Balaban J connectivity index is 1.21. The van der Waals surface area contributed by atoms with Crippen molar-refractivity contribution in [2.45, 2.75) is 19.3 Å². The second kappa shape index (κ2) is 10.5. The van der Waals surface area contributed by atoms with E-state index in [9.17, 15) is 0 Å². The molecule has 0 spiro atoms. The van der Waals surface area contributed by atoms with E-state index in [2.05, 4.69) is 184 Å². The zero-order valence-electron chi connectivity index (χ0n) is 27.7. The van der Waals surface area contributed by atoms with Crippen molar-refractivity contribution < 1.29 is 0 Å². The van der Waals surface area contributed by atoms with Gasteiger partial charge in [-0.15, -0.1) is 0 Å². The molecular formula is C49H34. The van der Waals surface area contributed by atoms with Gasteiger partial charge in [0, 0.05) is 5.41 Å². The summed E-state index contributed by atoms with van der Waals surface area (Å²) in [4.78, 5) is 0. The summed E-state index contributed by atoms with van der Waals surface area (Å²) in [6, 6.07) is 63.1. The number of rotatable bonds is 3. The number of hydrogen-bond donors (Lipinski definition) is 0. The molecule has 0 N–H and O–H groups in total. The fourth-order valence-electron chi connectivity index (χ4n) is 8.83. The summed E-state index contributed by atoms with van der Waals surface area (Å²) in [5.74, 6) is 0. The Bertz CT molecular complexity index is 2740. The lowest BCUT2D eigenvalue weighted by Crippen LogP contribution is -2.16. The van der Waals surface area contributed by atoms with Gasteiger partial charge in [0.05, 0.1) is 0 Å². The molecule has 0 fully saturated rings. The van der Waals surface area contributed by atoms with Crippen LogP contribution < -0.4 is 0 Å². The van der Waals surface area contributed by atoms with Gasteiger partial charge in [-0.3, -0.25) is 0 Å². The Morgan fingerprint density at radius 1 is 0.327 bits per heavy atom. The van der Waals surface area contributed by atoms with E-state index in [1.165, 1.54) is 98.7 Å². The lowest BCUT2D eigenvalue weighted by Gasteiger charge is -2.25. The molecular weight excluding hydrogens is 589 g/mol. The molecule has 0 saturated heterocycles. The molecule has 1 aliphatic rings. The highest BCUT2D eigenvalue weighted by atomic mass is 14.4. The molecule has 0 nitrogen and oxygen atoms in total. The van der Waals surface area contributed by atoms with Crippen LogP contribution in [0.25, 0.3) is 87.6 Å². The van der Waals surface area contributed by atoms with Crippen molar-refractivity contribution in [3.05, 3.63) is 181 Å². The van der Waals surface area contributed by atoms with Crippen LogP contribution in [0.3, 0.4) is 0 Å². The molecule has 9 aromatic rings. The first kappa shape index (κ1) is 28.1. The molecule has 0 saturated carbocycles. The van der Waals surface area contributed by atoms with Crippen molar-refractivity contribution in [1.82, 2.24) is 0 Å². The average molecular weight is 623 g/mol. The summed E-state index contributed by atoms with van der Waals surface area (Å²) in [6.45, 7) is 4.79. The quantitative estimate of drug-likeness (QED) is 0.172. The van der Waals surface area contributed by atoms with Gasteiger partial charge in [0.15, 0.2) is 0 Å². The molecule has 0 amide bonds. The van der Waals surface area contributed by atoms with Gasteiger partial charge in [0.1, 0.15) is 0 Å². The summed E-state index contributed by atoms with van der Waals surface area (Å²) in [7, 11) is 0. The summed E-state index contributed by atoms with van der Waals surface area (Å²) < 4.78 is 0. The fraction of sp³-hybridized carbons (Fsp3) is 0.0612. The van der Waals surface area contributed by atoms with E-state index < -0.39 is 0 Å². The van der Waals surface area contributed by atoms with Crippen LogP contribution in [0.5, 0.6) is 0 Å². The van der Waals surface area contributed by atoms with Crippen LogP contribution in [0, 0.1) is 0 Å². The standard InChI is InChI=1S/C49H34/c1-49(2)44-28-27-32-14-5-6-18-37(32)47(44)43-24-12-23-38(48(43)49)34-16-11-17-35(30-34)45-39-19-7-9-21-41(39)46(42-22-10-8-20-40(42)45)36-26-25-31-13-3-4-15-33(31)29-36/h3-30H,1-2H3. The second-order valence-electron chi connectivity index (χ2n) is 14.0. The molecule has 0 unspecified atom stereocenters. The van der Waals surface area contributed by atoms with E-state index in [1.54, 1.807) is 0 Å². The monoisotopic (exact) mass is 622 g/mol. The number of fused-ring (bicyclic) bond motifs is 8. The highest BCUT2D eigenvalue weighted by Crippen LogP contribution is 2.54. The highest BCUT2D eigenvalue weighted by Gasteiger charge is 2.38. The lowest BCUT2D eigenvalue weighted by atomic mass is 9.78. The largest absolute Gasteiger partial charge is 0.0616 e. The van der Waals surface area contributed by atoms with Crippen LogP contribution in [-0.2, 0) is 5.41 Å². The lowest BCUT2D eigenvalue weighted by molar-refractivity contribution is 0.662. The topological polar surface area (TPSA) is 0 Å². The van der Waals surface area contributed by atoms with Crippen molar-refractivity contribution >= 4 is 43.1 Å². The first-order valence-corrected chi connectivity index (χ1v) is 17.3. The third kappa shape index (κ3) is 4.11. The molecule has 0 bridgehead atoms. The number of benzene rings is 9. The molecule has 0 atom stereocenters. The van der Waals surface area contributed by atoms with Gasteiger partial charge in [0.25, 0.3) is 0 Å². The molecule has 9 aromatic carbocycles. The molecule has 0 aromatic heterocycles. The maximum absolute atomic E-state index is 2.43. The van der Waals surface area contributed by atoms with Gasteiger partial charge in [-0.2, -0.15) is 0 Å². The average Bonchev–Trinajstić information content (AvgIpc) is 3.40. The van der Waals surface area contributed by atoms with Crippen molar-refractivity contribution in [2.24, 2.45) is 0 Å². The first-order valence-electron chi connectivity index (χ1n) is 17.3. The highest BCUT2D eigenvalue weighted by molar-refractivity contribution is 6.22. The van der Waals surface area contributed by atoms with Gasteiger partial charge >= 0.3 is 0 Å². The van der Waals surface area contributed by atoms with Crippen LogP contribution in [0.1, 0.15) is 25.0 Å². The second-order valence-corrected chi connectivity index (χ2v) is 14.0.